The molecular formula is C18H26N2O3. The lowest BCUT2D eigenvalue weighted by Crippen LogP contribution is -2.46. The predicted octanol–water partition coefficient (Wildman–Crippen LogP) is 2.71. The van der Waals surface area contributed by atoms with Crippen LogP contribution in [0.25, 0.3) is 0 Å². The molecule has 1 fully saturated rings. The highest BCUT2D eigenvalue weighted by Crippen LogP contribution is 2.30. The third kappa shape index (κ3) is 3.07. The summed E-state index contributed by atoms with van der Waals surface area (Å²) in [5.74, 6) is 1.18. The van der Waals surface area contributed by atoms with Crippen molar-refractivity contribution in [1.29, 1.82) is 0 Å². The summed E-state index contributed by atoms with van der Waals surface area (Å²) in [7, 11) is 0. The molecule has 0 atom stereocenters. The first kappa shape index (κ1) is 16.2. The fourth-order valence-corrected chi connectivity index (χ4v) is 3.79. The van der Waals surface area contributed by atoms with E-state index in [1.807, 2.05) is 11.8 Å². The van der Waals surface area contributed by atoms with Gasteiger partial charge in [0, 0.05) is 31.0 Å². The molecule has 1 aromatic heterocycles. The summed E-state index contributed by atoms with van der Waals surface area (Å²) in [6, 6.07) is 0.265. The van der Waals surface area contributed by atoms with Crippen molar-refractivity contribution >= 4 is 11.7 Å². The van der Waals surface area contributed by atoms with E-state index >= 15 is 0 Å². The number of aryl methyl sites for hydroxylation is 1. The number of fused-ring (bicyclic) bond motifs is 1. The van der Waals surface area contributed by atoms with Crippen LogP contribution in [-0.2, 0) is 6.42 Å². The number of carbonyl (C=O) groups is 2. The van der Waals surface area contributed by atoms with E-state index in [4.69, 9.17) is 4.42 Å². The second-order valence-electron chi connectivity index (χ2n) is 6.61. The van der Waals surface area contributed by atoms with Gasteiger partial charge in [0.05, 0.1) is 5.56 Å². The Balaban J connectivity index is 1.89. The zero-order valence-electron chi connectivity index (χ0n) is 14.1. The number of nitrogens with one attached hydrogen (secondary N) is 1. The number of Topliss-reactive ketones (excluding diaryl/α,β-unsaturated/α-hetero) is 1. The Morgan fingerprint density at radius 2 is 2.04 bits per heavy atom. The maximum Gasteiger partial charge on any atom is 0.290 e. The van der Waals surface area contributed by atoms with Gasteiger partial charge >= 0.3 is 0 Å². The Hall–Kier alpha value is -1.62. The topological polar surface area (TPSA) is 62.6 Å². The standard InChI is InChI=1S/C18H26N2O3/c1-3-11-20(13-7-9-19-10-8-13)18(22)17-12(2)16-14(21)5-4-6-15(16)23-17/h13,19H,3-11H2,1-2H3. The highest BCUT2D eigenvalue weighted by Gasteiger charge is 2.33. The van der Waals surface area contributed by atoms with Crippen LogP contribution < -0.4 is 5.32 Å². The Kier molecular flexibility index (Phi) is 4.85. The molecule has 2 heterocycles. The minimum absolute atomic E-state index is 0.0431. The average Bonchev–Trinajstić information content (AvgIpc) is 2.91. The summed E-state index contributed by atoms with van der Waals surface area (Å²) in [6.07, 6.45) is 5.02. The van der Waals surface area contributed by atoms with Crippen molar-refractivity contribution in [3.8, 4) is 0 Å². The van der Waals surface area contributed by atoms with E-state index in [2.05, 4.69) is 12.2 Å². The van der Waals surface area contributed by atoms with Crippen molar-refractivity contribution in [3.05, 3.63) is 22.6 Å². The molecule has 1 aliphatic carbocycles. The van der Waals surface area contributed by atoms with Crippen LogP contribution in [-0.4, -0.2) is 42.3 Å². The minimum Gasteiger partial charge on any atom is -0.455 e. The first-order valence-corrected chi connectivity index (χ1v) is 8.80. The molecule has 1 amide bonds. The van der Waals surface area contributed by atoms with E-state index in [1.165, 1.54) is 0 Å². The zero-order valence-corrected chi connectivity index (χ0v) is 14.1. The highest BCUT2D eigenvalue weighted by molar-refractivity contribution is 6.03. The number of nitrogens with zero attached hydrogens (tertiary/aromatic N) is 1. The number of carbonyl (C=O) groups excluding carboxylic acids is 2. The normalized spacial score (nSPS) is 18.8. The number of rotatable bonds is 4. The molecule has 2 aliphatic rings. The summed E-state index contributed by atoms with van der Waals surface area (Å²) in [4.78, 5) is 27.2. The first-order valence-electron chi connectivity index (χ1n) is 8.80. The predicted molar refractivity (Wildman–Crippen MR) is 87.9 cm³/mol. The summed E-state index contributed by atoms with van der Waals surface area (Å²) >= 11 is 0. The van der Waals surface area contributed by atoms with Crippen LogP contribution in [0.2, 0.25) is 0 Å². The first-order chi connectivity index (χ1) is 11.1. The lowest BCUT2D eigenvalue weighted by molar-refractivity contribution is 0.0607. The van der Waals surface area contributed by atoms with Crippen molar-refractivity contribution in [2.45, 2.75) is 58.4 Å². The minimum atomic E-state index is -0.0431. The SMILES string of the molecule is CCCN(C(=O)c1oc2c(c1C)C(=O)CCC2)C1CCNCC1. The number of ketones is 1. The van der Waals surface area contributed by atoms with Gasteiger partial charge < -0.3 is 14.6 Å². The van der Waals surface area contributed by atoms with E-state index in [0.29, 0.717) is 23.5 Å². The fourth-order valence-electron chi connectivity index (χ4n) is 3.79. The molecule has 1 aromatic rings. The van der Waals surface area contributed by atoms with Gasteiger partial charge in [-0.05, 0) is 45.7 Å². The van der Waals surface area contributed by atoms with Crippen LogP contribution in [0.15, 0.2) is 4.42 Å². The van der Waals surface area contributed by atoms with Crippen LogP contribution in [0, 0.1) is 6.92 Å². The van der Waals surface area contributed by atoms with Gasteiger partial charge in [-0.3, -0.25) is 9.59 Å². The molecule has 0 bridgehead atoms. The van der Waals surface area contributed by atoms with Crippen molar-refractivity contribution in [1.82, 2.24) is 10.2 Å². The number of amides is 1. The van der Waals surface area contributed by atoms with Gasteiger partial charge in [0.2, 0.25) is 0 Å². The molecule has 0 spiro atoms. The molecule has 3 rings (SSSR count). The van der Waals surface area contributed by atoms with Crippen LogP contribution >= 0.6 is 0 Å². The van der Waals surface area contributed by atoms with Crippen LogP contribution in [0.3, 0.4) is 0 Å². The number of piperidine rings is 1. The van der Waals surface area contributed by atoms with Crippen molar-refractivity contribution < 1.29 is 14.0 Å². The quantitative estimate of drug-likeness (QED) is 0.927. The Morgan fingerprint density at radius 3 is 2.70 bits per heavy atom. The Labute approximate surface area is 137 Å². The monoisotopic (exact) mass is 318 g/mol. The molecule has 0 unspecified atom stereocenters. The van der Waals surface area contributed by atoms with Crippen LogP contribution in [0.1, 0.15) is 71.3 Å². The van der Waals surface area contributed by atoms with E-state index in [9.17, 15) is 9.59 Å². The third-order valence-electron chi connectivity index (χ3n) is 4.98. The molecule has 5 nitrogen and oxygen atoms in total. The smallest absolute Gasteiger partial charge is 0.290 e. The fraction of sp³-hybridized carbons (Fsp3) is 0.667. The molecule has 1 aliphatic heterocycles. The van der Waals surface area contributed by atoms with Gasteiger partial charge in [-0.2, -0.15) is 0 Å². The van der Waals surface area contributed by atoms with Gasteiger partial charge in [0.15, 0.2) is 11.5 Å². The van der Waals surface area contributed by atoms with E-state index < -0.39 is 0 Å². The van der Waals surface area contributed by atoms with Crippen LogP contribution in [0.5, 0.6) is 0 Å². The third-order valence-corrected chi connectivity index (χ3v) is 4.98. The number of hydrogen-bond donors (Lipinski definition) is 1. The summed E-state index contributed by atoms with van der Waals surface area (Å²) in [5.41, 5.74) is 1.41. The van der Waals surface area contributed by atoms with Gasteiger partial charge in [0.25, 0.3) is 5.91 Å². The zero-order chi connectivity index (χ0) is 16.4. The summed E-state index contributed by atoms with van der Waals surface area (Å²) < 4.78 is 5.86. The van der Waals surface area contributed by atoms with Crippen molar-refractivity contribution in [2.75, 3.05) is 19.6 Å². The van der Waals surface area contributed by atoms with Crippen molar-refractivity contribution in [2.24, 2.45) is 0 Å². The molecule has 0 saturated carbocycles. The van der Waals surface area contributed by atoms with E-state index in [1.54, 1.807) is 0 Å². The molecule has 23 heavy (non-hydrogen) atoms. The molecule has 1 N–H and O–H groups in total. The molecule has 126 valence electrons. The highest BCUT2D eigenvalue weighted by atomic mass is 16.4. The molecule has 0 aromatic carbocycles. The maximum absolute atomic E-state index is 13.1. The molecule has 0 radical (unpaired) electrons. The Bertz CT molecular complexity index is 600. The van der Waals surface area contributed by atoms with Gasteiger partial charge in [0.1, 0.15) is 5.76 Å². The van der Waals surface area contributed by atoms with E-state index in [-0.39, 0.29) is 17.7 Å². The largest absolute Gasteiger partial charge is 0.455 e. The lowest BCUT2D eigenvalue weighted by atomic mass is 9.94. The van der Waals surface area contributed by atoms with Gasteiger partial charge in [-0.15, -0.1) is 0 Å². The number of hydrogen-bond acceptors (Lipinski definition) is 4. The summed E-state index contributed by atoms with van der Waals surface area (Å²) in [6.45, 7) is 6.58. The Morgan fingerprint density at radius 1 is 1.30 bits per heavy atom. The van der Waals surface area contributed by atoms with Crippen LogP contribution in [0.4, 0.5) is 0 Å². The molecular weight excluding hydrogens is 292 g/mol. The van der Waals surface area contributed by atoms with E-state index in [0.717, 1.165) is 57.3 Å². The average molecular weight is 318 g/mol. The molecule has 1 saturated heterocycles. The van der Waals surface area contributed by atoms with Crippen molar-refractivity contribution in [3.63, 3.8) is 0 Å². The maximum atomic E-state index is 13.1. The molecule has 5 heteroatoms. The second kappa shape index (κ2) is 6.87. The second-order valence-corrected chi connectivity index (χ2v) is 6.61. The lowest BCUT2D eigenvalue weighted by Gasteiger charge is -2.34. The van der Waals surface area contributed by atoms with Gasteiger partial charge in [-0.1, -0.05) is 6.92 Å². The van der Waals surface area contributed by atoms with Gasteiger partial charge in [-0.25, -0.2) is 0 Å². The summed E-state index contributed by atoms with van der Waals surface area (Å²) in [5, 5.41) is 3.34. The number of furan rings is 1.